The predicted octanol–water partition coefficient (Wildman–Crippen LogP) is 1.36. The molecule has 0 spiro atoms. The molecule has 0 radical (unpaired) electrons. The van der Waals surface area contributed by atoms with E-state index in [4.69, 9.17) is 4.74 Å². The summed E-state index contributed by atoms with van der Waals surface area (Å²) in [5, 5.41) is 10.1. The van der Waals surface area contributed by atoms with E-state index in [1.54, 1.807) is 7.11 Å². The van der Waals surface area contributed by atoms with Gasteiger partial charge in [-0.15, -0.1) is 0 Å². The smallest absolute Gasteiger partial charge is 0.0768 e. The van der Waals surface area contributed by atoms with Crippen molar-refractivity contribution < 1.29 is 9.84 Å². The van der Waals surface area contributed by atoms with Gasteiger partial charge < -0.3 is 9.84 Å². The first-order valence-electron chi connectivity index (χ1n) is 5.37. The number of hydrogen-bond acceptors (Lipinski definition) is 3. The zero-order chi connectivity index (χ0) is 11.2. The molecule has 0 saturated carbocycles. The molecule has 1 atom stereocenters. The summed E-state index contributed by atoms with van der Waals surface area (Å²) in [5.41, 5.74) is -0.607. The summed E-state index contributed by atoms with van der Waals surface area (Å²) in [4.78, 5) is 2.21. The van der Waals surface area contributed by atoms with Crippen LogP contribution in [0, 0.1) is 5.92 Å². The Bertz CT molecular complexity index is 146. The maximum Gasteiger partial charge on any atom is 0.0768 e. The molecule has 0 heterocycles. The molecule has 0 saturated heterocycles. The molecule has 0 aromatic rings. The maximum absolute atomic E-state index is 10.1. The molecular weight excluding hydrogens is 178 g/mol. The van der Waals surface area contributed by atoms with Gasteiger partial charge in [0.2, 0.25) is 0 Å². The lowest BCUT2D eigenvalue weighted by atomic mass is 9.92. The molecule has 14 heavy (non-hydrogen) atoms. The van der Waals surface area contributed by atoms with Crippen LogP contribution in [0.15, 0.2) is 0 Å². The molecule has 0 aromatic heterocycles. The van der Waals surface area contributed by atoms with Crippen molar-refractivity contribution in [1.29, 1.82) is 0 Å². The van der Waals surface area contributed by atoms with E-state index in [9.17, 15) is 5.11 Å². The highest BCUT2D eigenvalue weighted by atomic mass is 16.5. The van der Waals surface area contributed by atoms with Gasteiger partial charge in [0.25, 0.3) is 0 Å². The maximum atomic E-state index is 10.1. The van der Waals surface area contributed by atoms with Gasteiger partial charge in [0, 0.05) is 20.2 Å². The third kappa shape index (κ3) is 4.94. The van der Waals surface area contributed by atoms with Crippen LogP contribution >= 0.6 is 0 Å². The van der Waals surface area contributed by atoms with Crippen LogP contribution in [0.2, 0.25) is 0 Å². The molecule has 1 unspecified atom stereocenters. The second-order valence-electron chi connectivity index (χ2n) is 4.37. The molecule has 0 aliphatic rings. The second-order valence-corrected chi connectivity index (χ2v) is 4.37. The minimum Gasteiger partial charge on any atom is -0.389 e. The molecule has 0 fully saturated rings. The Morgan fingerprint density at radius 3 is 2.36 bits per heavy atom. The number of nitrogens with zero attached hydrogens (tertiary/aromatic N) is 1. The van der Waals surface area contributed by atoms with Crippen LogP contribution in [0.3, 0.4) is 0 Å². The summed E-state index contributed by atoms with van der Waals surface area (Å²) in [5.74, 6) is 0.277. The first-order chi connectivity index (χ1) is 6.44. The Balaban J connectivity index is 4.02. The molecule has 3 heteroatoms. The molecule has 0 bridgehead atoms. The van der Waals surface area contributed by atoms with Gasteiger partial charge in [-0.3, -0.25) is 4.90 Å². The Morgan fingerprint density at radius 1 is 1.43 bits per heavy atom. The van der Waals surface area contributed by atoms with E-state index >= 15 is 0 Å². The van der Waals surface area contributed by atoms with Gasteiger partial charge in [-0.05, 0) is 19.4 Å². The summed E-state index contributed by atoms with van der Waals surface area (Å²) >= 11 is 0. The van der Waals surface area contributed by atoms with Gasteiger partial charge >= 0.3 is 0 Å². The van der Waals surface area contributed by atoms with Crippen molar-refractivity contribution in [2.45, 2.75) is 33.3 Å². The van der Waals surface area contributed by atoms with E-state index in [1.165, 1.54) is 0 Å². The fourth-order valence-electron chi connectivity index (χ4n) is 1.20. The highest BCUT2D eigenvalue weighted by Gasteiger charge is 2.26. The number of aliphatic hydroxyl groups is 1. The van der Waals surface area contributed by atoms with Crippen molar-refractivity contribution >= 4 is 0 Å². The third-order valence-corrected chi connectivity index (χ3v) is 2.85. The third-order valence-electron chi connectivity index (χ3n) is 2.85. The number of rotatable bonds is 7. The molecule has 0 aromatic carbocycles. The van der Waals surface area contributed by atoms with Gasteiger partial charge in [-0.25, -0.2) is 0 Å². The fraction of sp³-hybridized carbons (Fsp3) is 1.00. The Hall–Kier alpha value is -0.120. The SMILES string of the molecule is CCN(CCOC)CC(C)(O)C(C)C. The van der Waals surface area contributed by atoms with Crippen molar-refractivity contribution in [3.05, 3.63) is 0 Å². The molecule has 86 valence electrons. The van der Waals surface area contributed by atoms with Gasteiger partial charge in [0.15, 0.2) is 0 Å². The number of methoxy groups -OCH3 is 1. The van der Waals surface area contributed by atoms with E-state index in [1.807, 2.05) is 20.8 Å². The van der Waals surface area contributed by atoms with Gasteiger partial charge in [-0.1, -0.05) is 20.8 Å². The van der Waals surface area contributed by atoms with E-state index in [0.717, 1.165) is 19.7 Å². The van der Waals surface area contributed by atoms with E-state index in [-0.39, 0.29) is 5.92 Å². The van der Waals surface area contributed by atoms with Gasteiger partial charge in [0.05, 0.1) is 12.2 Å². The lowest BCUT2D eigenvalue weighted by Gasteiger charge is -2.33. The Morgan fingerprint density at radius 2 is 2.00 bits per heavy atom. The van der Waals surface area contributed by atoms with Crippen LogP contribution in [-0.2, 0) is 4.74 Å². The molecule has 1 N–H and O–H groups in total. The monoisotopic (exact) mass is 203 g/mol. The molecule has 0 amide bonds. The zero-order valence-electron chi connectivity index (χ0n) is 10.2. The van der Waals surface area contributed by atoms with Crippen LogP contribution in [0.4, 0.5) is 0 Å². The Labute approximate surface area is 88.1 Å². The van der Waals surface area contributed by atoms with Crippen LogP contribution in [-0.4, -0.2) is 49.0 Å². The van der Waals surface area contributed by atoms with Crippen LogP contribution in [0.5, 0.6) is 0 Å². The molecule has 3 nitrogen and oxygen atoms in total. The minimum absolute atomic E-state index is 0.277. The largest absolute Gasteiger partial charge is 0.389 e. The molecule has 0 rings (SSSR count). The summed E-state index contributed by atoms with van der Waals surface area (Å²) in [6.45, 7) is 11.4. The van der Waals surface area contributed by atoms with Crippen LogP contribution in [0.1, 0.15) is 27.7 Å². The fourth-order valence-corrected chi connectivity index (χ4v) is 1.20. The van der Waals surface area contributed by atoms with Crippen molar-refractivity contribution in [2.75, 3.05) is 33.4 Å². The van der Waals surface area contributed by atoms with Crippen LogP contribution < -0.4 is 0 Å². The Kier molecular flexibility index (Phi) is 6.33. The quantitative estimate of drug-likeness (QED) is 0.678. The highest BCUT2D eigenvalue weighted by molar-refractivity contribution is 4.80. The van der Waals surface area contributed by atoms with Crippen molar-refractivity contribution in [3.63, 3.8) is 0 Å². The first kappa shape index (κ1) is 13.9. The van der Waals surface area contributed by atoms with Gasteiger partial charge in [0.1, 0.15) is 0 Å². The van der Waals surface area contributed by atoms with Crippen LogP contribution in [0.25, 0.3) is 0 Å². The van der Waals surface area contributed by atoms with E-state index in [0.29, 0.717) is 6.54 Å². The van der Waals surface area contributed by atoms with E-state index < -0.39 is 5.60 Å². The van der Waals surface area contributed by atoms with Crippen molar-refractivity contribution in [3.8, 4) is 0 Å². The first-order valence-corrected chi connectivity index (χ1v) is 5.37. The molecule has 0 aliphatic heterocycles. The highest BCUT2D eigenvalue weighted by Crippen LogP contribution is 2.17. The molecular formula is C11H25NO2. The van der Waals surface area contributed by atoms with E-state index in [2.05, 4.69) is 11.8 Å². The molecule has 0 aliphatic carbocycles. The van der Waals surface area contributed by atoms with Gasteiger partial charge in [-0.2, -0.15) is 0 Å². The number of likely N-dealkylation sites (N-methyl/N-ethyl adjacent to an activating group) is 1. The average Bonchev–Trinajstić information content (AvgIpc) is 2.11. The predicted molar refractivity (Wildman–Crippen MR) is 59.5 cm³/mol. The lowest BCUT2D eigenvalue weighted by molar-refractivity contribution is -0.0217. The number of ether oxygens (including phenoxy) is 1. The standard InChI is InChI=1S/C11H25NO2/c1-6-12(7-8-14-5)9-11(4,13)10(2)3/h10,13H,6-9H2,1-5H3. The lowest BCUT2D eigenvalue weighted by Crippen LogP contribution is -2.45. The summed E-state index contributed by atoms with van der Waals surface area (Å²) in [6.07, 6.45) is 0. The summed E-state index contributed by atoms with van der Waals surface area (Å²) in [6, 6.07) is 0. The van der Waals surface area contributed by atoms with Crippen molar-refractivity contribution in [1.82, 2.24) is 4.90 Å². The normalized spacial score (nSPS) is 16.3. The minimum atomic E-state index is -0.607. The summed E-state index contributed by atoms with van der Waals surface area (Å²) in [7, 11) is 1.70. The number of hydrogen-bond donors (Lipinski definition) is 1. The zero-order valence-corrected chi connectivity index (χ0v) is 10.2. The summed E-state index contributed by atoms with van der Waals surface area (Å²) < 4.78 is 5.03. The topological polar surface area (TPSA) is 32.7 Å². The van der Waals surface area contributed by atoms with Crippen molar-refractivity contribution in [2.24, 2.45) is 5.92 Å². The second kappa shape index (κ2) is 6.38. The average molecular weight is 203 g/mol.